The lowest BCUT2D eigenvalue weighted by Crippen LogP contribution is -2.19. The zero-order valence-electron chi connectivity index (χ0n) is 10.1. The normalized spacial score (nSPS) is 21.6. The van der Waals surface area contributed by atoms with Crippen LogP contribution >= 0.6 is 0 Å². The molecule has 0 aromatic heterocycles. The van der Waals surface area contributed by atoms with E-state index in [2.05, 4.69) is 11.4 Å². The Bertz CT molecular complexity index is 543. The van der Waals surface area contributed by atoms with Crippen molar-refractivity contribution >= 4 is 11.7 Å². The highest BCUT2D eigenvalue weighted by atomic mass is 16.4. The summed E-state index contributed by atoms with van der Waals surface area (Å²) in [7, 11) is 0. The number of nitrogens with zero attached hydrogens (tertiary/aromatic N) is 1. The molecule has 0 radical (unpaired) electrons. The third kappa shape index (κ3) is 2.51. The number of aryl methyl sites for hydroxylation is 1. The average molecular weight is 242 g/mol. The number of benzene rings is 1. The zero-order valence-corrected chi connectivity index (χ0v) is 10.1. The first-order valence-corrected chi connectivity index (χ1v) is 5.78. The molecule has 1 aliphatic carbocycles. The molecule has 0 amide bonds. The van der Waals surface area contributed by atoms with E-state index in [1.165, 1.54) is 0 Å². The van der Waals surface area contributed by atoms with Gasteiger partial charge in [0.15, 0.2) is 0 Å². The Morgan fingerprint density at radius 1 is 1.50 bits per heavy atom. The molecular weight excluding hydrogens is 228 g/mol. The van der Waals surface area contributed by atoms with Crippen molar-refractivity contribution in [2.75, 3.05) is 5.32 Å². The minimum absolute atomic E-state index is 0.0278. The first-order valence-electron chi connectivity index (χ1n) is 5.78. The molecule has 0 saturated carbocycles. The van der Waals surface area contributed by atoms with E-state index < -0.39 is 11.9 Å². The summed E-state index contributed by atoms with van der Waals surface area (Å²) in [6.07, 6.45) is 4.07. The second kappa shape index (κ2) is 4.92. The maximum absolute atomic E-state index is 10.8. The number of anilines is 1. The maximum Gasteiger partial charge on any atom is 0.310 e. The molecule has 0 bridgehead atoms. The van der Waals surface area contributed by atoms with Gasteiger partial charge in [0.1, 0.15) is 6.07 Å². The highest BCUT2D eigenvalue weighted by molar-refractivity contribution is 5.73. The summed E-state index contributed by atoms with van der Waals surface area (Å²) in [6, 6.07) is 7.66. The van der Waals surface area contributed by atoms with Crippen LogP contribution in [0.5, 0.6) is 0 Å². The standard InChI is InChI=1S/C14H14N2O2/c1-9-2-3-11(8-15)13(6-9)16-12-5-4-10(7-12)14(17)18/h2-6,10,12,16H,7H2,1H3,(H,17,18). The second-order valence-electron chi connectivity index (χ2n) is 4.48. The first kappa shape index (κ1) is 12.2. The molecule has 92 valence electrons. The van der Waals surface area contributed by atoms with E-state index in [0.29, 0.717) is 12.0 Å². The van der Waals surface area contributed by atoms with Gasteiger partial charge >= 0.3 is 5.97 Å². The van der Waals surface area contributed by atoms with Crippen LogP contribution in [0.25, 0.3) is 0 Å². The molecule has 18 heavy (non-hydrogen) atoms. The van der Waals surface area contributed by atoms with E-state index >= 15 is 0 Å². The number of carboxylic acids is 1. The summed E-state index contributed by atoms with van der Waals surface area (Å²) in [4.78, 5) is 10.8. The van der Waals surface area contributed by atoms with Gasteiger partial charge in [-0.3, -0.25) is 4.79 Å². The van der Waals surface area contributed by atoms with Crippen molar-refractivity contribution in [1.29, 1.82) is 5.26 Å². The highest BCUT2D eigenvalue weighted by Gasteiger charge is 2.24. The molecule has 2 unspecified atom stereocenters. The van der Waals surface area contributed by atoms with Crippen LogP contribution in [-0.2, 0) is 4.79 Å². The van der Waals surface area contributed by atoms with Crippen LogP contribution < -0.4 is 5.32 Å². The minimum Gasteiger partial charge on any atom is -0.481 e. The Hall–Kier alpha value is -2.28. The molecule has 1 aliphatic rings. The van der Waals surface area contributed by atoms with Crippen molar-refractivity contribution in [3.63, 3.8) is 0 Å². The van der Waals surface area contributed by atoms with Crippen LogP contribution in [0.1, 0.15) is 17.5 Å². The molecule has 2 rings (SSSR count). The number of rotatable bonds is 3. The molecule has 2 atom stereocenters. The maximum atomic E-state index is 10.8. The van der Waals surface area contributed by atoms with E-state index in [4.69, 9.17) is 10.4 Å². The lowest BCUT2D eigenvalue weighted by atomic mass is 10.1. The van der Waals surface area contributed by atoms with Gasteiger partial charge in [0, 0.05) is 6.04 Å². The SMILES string of the molecule is Cc1ccc(C#N)c(NC2C=CC(C(=O)O)C2)c1. The fourth-order valence-corrected chi connectivity index (χ4v) is 2.06. The Balaban J connectivity index is 2.12. The molecular formula is C14H14N2O2. The van der Waals surface area contributed by atoms with E-state index in [1.54, 1.807) is 12.1 Å². The average Bonchev–Trinajstić information content (AvgIpc) is 2.78. The van der Waals surface area contributed by atoms with E-state index in [0.717, 1.165) is 11.3 Å². The first-order chi connectivity index (χ1) is 8.60. The largest absolute Gasteiger partial charge is 0.481 e. The van der Waals surface area contributed by atoms with E-state index in [-0.39, 0.29) is 6.04 Å². The molecule has 0 fully saturated rings. The molecule has 2 N–H and O–H groups in total. The minimum atomic E-state index is -0.805. The van der Waals surface area contributed by atoms with Crippen LogP contribution in [0.4, 0.5) is 5.69 Å². The number of hydrogen-bond acceptors (Lipinski definition) is 3. The second-order valence-corrected chi connectivity index (χ2v) is 4.48. The predicted molar refractivity (Wildman–Crippen MR) is 68.2 cm³/mol. The summed E-state index contributed by atoms with van der Waals surface area (Å²) < 4.78 is 0. The van der Waals surface area contributed by atoms with Crippen LogP contribution in [-0.4, -0.2) is 17.1 Å². The van der Waals surface area contributed by atoms with Gasteiger partial charge in [0.05, 0.1) is 17.2 Å². The van der Waals surface area contributed by atoms with Crippen molar-refractivity contribution in [2.24, 2.45) is 5.92 Å². The van der Waals surface area contributed by atoms with Gasteiger partial charge < -0.3 is 10.4 Å². The number of aliphatic carboxylic acids is 1. The third-order valence-electron chi connectivity index (χ3n) is 3.04. The van der Waals surface area contributed by atoms with E-state index in [1.807, 2.05) is 25.1 Å². The lowest BCUT2D eigenvalue weighted by molar-refractivity contribution is -0.140. The van der Waals surface area contributed by atoms with Crippen molar-refractivity contribution < 1.29 is 9.90 Å². The van der Waals surface area contributed by atoms with Crippen LogP contribution in [0, 0.1) is 24.2 Å². The third-order valence-corrected chi connectivity index (χ3v) is 3.04. The quantitative estimate of drug-likeness (QED) is 0.798. The zero-order chi connectivity index (χ0) is 13.1. The molecule has 0 saturated heterocycles. The fraction of sp³-hybridized carbons (Fsp3) is 0.286. The van der Waals surface area contributed by atoms with Gasteiger partial charge in [-0.25, -0.2) is 0 Å². The number of carboxylic acid groups (broad SMARTS) is 1. The van der Waals surface area contributed by atoms with Crippen molar-refractivity contribution in [3.8, 4) is 6.07 Å². The molecule has 4 nitrogen and oxygen atoms in total. The fourth-order valence-electron chi connectivity index (χ4n) is 2.06. The summed E-state index contributed by atoms with van der Waals surface area (Å²) in [6.45, 7) is 1.96. The van der Waals surface area contributed by atoms with Crippen molar-refractivity contribution in [3.05, 3.63) is 41.5 Å². The molecule has 0 spiro atoms. The molecule has 1 aromatic carbocycles. The van der Waals surface area contributed by atoms with Crippen molar-refractivity contribution in [2.45, 2.75) is 19.4 Å². The lowest BCUT2D eigenvalue weighted by Gasteiger charge is -2.15. The Morgan fingerprint density at radius 3 is 2.89 bits per heavy atom. The van der Waals surface area contributed by atoms with Crippen LogP contribution in [0.15, 0.2) is 30.4 Å². The van der Waals surface area contributed by atoms with Gasteiger partial charge in [-0.15, -0.1) is 0 Å². The predicted octanol–water partition coefficient (Wildman–Crippen LogP) is 2.31. The summed E-state index contributed by atoms with van der Waals surface area (Å²) in [5.74, 6) is -1.24. The van der Waals surface area contributed by atoms with Gasteiger partial charge in [-0.05, 0) is 31.0 Å². The van der Waals surface area contributed by atoms with Crippen LogP contribution in [0.2, 0.25) is 0 Å². The van der Waals surface area contributed by atoms with Gasteiger partial charge in [-0.1, -0.05) is 18.2 Å². The van der Waals surface area contributed by atoms with Gasteiger partial charge in [-0.2, -0.15) is 5.26 Å². The highest BCUT2D eigenvalue weighted by Crippen LogP contribution is 2.24. The Morgan fingerprint density at radius 2 is 2.28 bits per heavy atom. The Labute approximate surface area is 106 Å². The number of nitrogens with one attached hydrogen (secondary N) is 1. The molecule has 1 aromatic rings. The number of hydrogen-bond donors (Lipinski definition) is 2. The number of carbonyl (C=O) groups is 1. The molecule has 4 heteroatoms. The summed E-state index contributed by atoms with van der Waals surface area (Å²) in [5.41, 5.74) is 2.40. The smallest absolute Gasteiger partial charge is 0.310 e. The monoisotopic (exact) mass is 242 g/mol. The topological polar surface area (TPSA) is 73.1 Å². The summed E-state index contributed by atoms with van der Waals surface area (Å²) in [5, 5.41) is 21.1. The Kier molecular flexibility index (Phi) is 3.33. The molecule has 0 heterocycles. The number of nitriles is 1. The van der Waals surface area contributed by atoms with Crippen molar-refractivity contribution in [1.82, 2.24) is 0 Å². The van der Waals surface area contributed by atoms with Gasteiger partial charge in [0.2, 0.25) is 0 Å². The molecule has 0 aliphatic heterocycles. The van der Waals surface area contributed by atoms with Crippen LogP contribution in [0.3, 0.4) is 0 Å². The van der Waals surface area contributed by atoms with E-state index in [9.17, 15) is 4.79 Å². The summed E-state index contributed by atoms with van der Waals surface area (Å²) >= 11 is 0. The van der Waals surface area contributed by atoms with Gasteiger partial charge in [0.25, 0.3) is 0 Å².